The number of carbonyl (C=O) groups excluding carboxylic acids is 3. The summed E-state index contributed by atoms with van der Waals surface area (Å²) in [6, 6.07) is 8.05. The zero-order valence-electron chi connectivity index (χ0n) is 23.6. The molecule has 2 N–H and O–H groups in total. The van der Waals surface area contributed by atoms with Crippen molar-refractivity contribution in [2.45, 2.75) is 58.3 Å². The highest BCUT2D eigenvalue weighted by atomic mass is 19.1. The molecular formula is C30H27F2N7O4. The van der Waals surface area contributed by atoms with Crippen LogP contribution in [0, 0.1) is 23.1 Å². The van der Waals surface area contributed by atoms with E-state index in [4.69, 9.17) is 15.7 Å². The molecule has 0 saturated heterocycles. The summed E-state index contributed by atoms with van der Waals surface area (Å²) in [4.78, 5) is 46.8. The maximum atomic E-state index is 14.7. The summed E-state index contributed by atoms with van der Waals surface area (Å²) in [6.07, 6.45) is 2.72. The Bertz CT molecular complexity index is 1820. The number of primary amides is 1. The van der Waals surface area contributed by atoms with Crippen LogP contribution >= 0.6 is 0 Å². The molecule has 0 bridgehead atoms. The number of carbonyl (C=O) groups is 3. The first-order valence-corrected chi connectivity index (χ1v) is 13.4. The molecule has 4 heterocycles. The van der Waals surface area contributed by atoms with Crippen LogP contribution in [0.3, 0.4) is 0 Å². The van der Waals surface area contributed by atoms with Crippen LogP contribution < -0.4 is 5.73 Å². The highest BCUT2D eigenvalue weighted by Gasteiger charge is 2.36. The molecule has 1 aliphatic heterocycles. The van der Waals surface area contributed by atoms with Gasteiger partial charge in [0.1, 0.15) is 23.4 Å². The van der Waals surface area contributed by atoms with Crippen molar-refractivity contribution in [3.8, 4) is 17.3 Å². The van der Waals surface area contributed by atoms with Crippen molar-refractivity contribution in [3.05, 3.63) is 76.7 Å². The molecule has 1 aromatic carbocycles. The molecule has 3 aromatic heterocycles. The van der Waals surface area contributed by atoms with Crippen molar-refractivity contribution >= 4 is 28.8 Å². The van der Waals surface area contributed by atoms with E-state index in [1.165, 1.54) is 15.8 Å². The lowest BCUT2D eigenvalue weighted by atomic mass is 10.1. The minimum Gasteiger partial charge on any atom is -0.460 e. The van der Waals surface area contributed by atoms with Crippen molar-refractivity contribution in [3.63, 3.8) is 0 Å². The zero-order chi connectivity index (χ0) is 31.1. The van der Waals surface area contributed by atoms with Gasteiger partial charge in [-0.3, -0.25) is 24.0 Å². The molecule has 1 atom stereocenters. The molecule has 0 radical (unpaired) electrons. The molecule has 0 spiro atoms. The third-order valence-electron chi connectivity index (χ3n) is 6.83. The number of nitrogens with two attached hydrogens (primary N) is 1. The SMILES string of the molecule is CC(C)(C)OC(=O)CC[C@@H](C(N)=O)N1Cc2cc(Cn3cc4c(-c5ncc(C#N)cc5F)cc(F)nc4n3)ccc2C1=O. The number of esters is 1. The number of amides is 2. The lowest BCUT2D eigenvalue weighted by Crippen LogP contribution is -2.45. The van der Waals surface area contributed by atoms with Gasteiger partial charge in [-0.05, 0) is 50.5 Å². The molecule has 13 heteroatoms. The molecule has 1 aliphatic rings. The third-order valence-corrected chi connectivity index (χ3v) is 6.83. The number of fused-ring (bicyclic) bond motifs is 2. The van der Waals surface area contributed by atoms with Crippen LogP contribution in [-0.4, -0.2) is 54.1 Å². The van der Waals surface area contributed by atoms with Gasteiger partial charge in [0.2, 0.25) is 11.9 Å². The van der Waals surface area contributed by atoms with E-state index >= 15 is 0 Å². The highest BCUT2D eigenvalue weighted by molar-refractivity contribution is 6.01. The number of hydrogen-bond acceptors (Lipinski definition) is 8. The summed E-state index contributed by atoms with van der Waals surface area (Å²) in [7, 11) is 0. The largest absolute Gasteiger partial charge is 0.460 e. The summed E-state index contributed by atoms with van der Waals surface area (Å²) in [5, 5.41) is 13.7. The second-order valence-electron chi connectivity index (χ2n) is 11.2. The van der Waals surface area contributed by atoms with Crippen molar-refractivity contribution in [2.24, 2.45) is 5.73 Å². The average Bonchev–Trinajstić information content (AvgIpc) is 3.47. The monoisotopic (exact) mass is 587 g/mol. The van der Waals surface area contributed by atoms with Crippen LogP contribution in [-0.2, 0) is 27.4 Å². The summed E-state index contributed by atoms with van der Waals surface area (Å²) in [5.41, 5.74) is 6.81. The number of benzene rings is 1. The van der Waals surface area contributed by atoms with Gasteiger partial charge in [0.05, 0.1) is 12.1 Å². The van der Waals surface area contributed by atoms with Gasteiger partial charge in [0.15, 0.2) is 11.5 Å². The Labute approximate surface area is 244 Å². The molecule has 0 saturated carbocycles. The van der Waals surface area contributed by atoms with E-state index in [2.05, 4.69) is 15.1 Å². The molecule has 0 unspecified atom stereocenters. The number of rotatable bonds is 8. The van der Waals surface area contributed by atoms with Crippen LogP contribution in [0.5, 0.6) is 0 Å². The molecule has 0 fully saturated rings. The second-order valence-corrected chi connectivity index (χ2v) is 11.2. The first-order valence-electron chi connectivity index (χ1n) is 13.4. The van der Waals surface area contributed by atoms with Crippen molar-refractivity contribution in [1.82, 2.24) is 24.6 Å². The van der Waals surface area contributed by atoms with Gasteiger partial charge >= 0.3 is 5.97 Å². The molecular weight excluding hydrogens is 560 g/mol. The predicted octanol–water partition coefficient (Wildman–Crippen LogP) is 3.62. The van der Waals surface area contributed by atoms with Crippen LogP contribution in [0.1, 0.15) is 60.7 Å². The van der Waals surface area contributed by atoms with Crippen LogP contribution in [0.15, 0.2) is 42.7 Å². The highest BCUT2D eigenvalue weighted by Crippen LogP contribution is 2.30. The first-order chi connectivity index (χ1) is 20.3. The number of pyridine rings is 2. The lowest BCUT2D eigenvalue weighted by molar-refractivity contribution is -0.155. The topological polar surface area (TPSA) is 157 Å². The van der Waals surface area contributed by atoms with Gasteiger partial charge in [0.25, 0.3) is 5.91 Å². The maximum Gasteiger partial charge on any atom is 0.306 e. The molecule has 220 valence electrons. The molecule has 5 rings (SSSR count). The Balaban J connectivity index is 1.36. The number of halogens is 2. The lowest BCUT2D eigenvalue weighted by Gasteiger charge is -2.25. The molecule has 4 aromatic rings. The Morgan fingerprint density at radius 1 is 1.19 bits per heavy atom. The van der Waals surface area contributed by atoms with Gasteiger partial charge in [-0.1, -0.05) is 12.1 Å². The third kappa shape index (κ3) is 6.18. The van der Waals surface area contributed by atoms with E-state index in [-0.39, 0.29) is 54.3 Å². The van der Waals surface area contributed by atoms with E-state index in [1.54, 1.807) is 45.2 Å². The van der Waals surface area contributed by atoms with Gasteiger partial charge < -0.3 is 15.4 Å². The first kappa shape index (κ1) is 29.2. The van der Waals surface area contributed by atoms with Crippen molar-refractivity contribution < 1.29 is 27.9 Å². The average molecular weight is 588 g/mol. The number of hydrogen-bond donors (Lipinski definition) is 1. The Morgan fingerprint density at radius 3 is 2.63 bits per heavy atom. The maximum absolute atomic E-state index is 14.7. The summed E-state index contributed by atoms with van der Waals surface area (Å²) >= 11 is 0. The standard InChI is InChI=1S/C30H27F2N7O4/c1-30(2,3)43-25(40)7-6-23(27(34)41)39-14-18-8-16(4-5-19(18)29(39)42)13-38-15-21-20(10-24(32)36-28(21)37-38)26-22(31)9-17(11-33)12-35-26/h4-5,8-10,12,15,23H,6-7,13-14H2,1-3H3,(H2,34,41)/t23-/m0/s1. The summed E-state index contributed by atoms with van der Waals surface area (Å²) < 4.78 is 35.9. The predicted molar refractivity (Wildman–Crippen MR) is 149 cm³/mol. The normalized spacial score (nSPS) is 13.6. The number of ether oxygens (including phenoxy) is 1. The number of nitrogens with zero attached hydrogens (tertiary/aromatic N) is 6. The Morgan fingerprint density at radius 2 is 1.95 bits per heavy atom. The smallest absolute Gasteiger partial charge is 0.306 e. The molecule has 0 aliphatic carbocycles. The van der Waals surface area contributed by atoms with E-state index in [0.717, 1.165) is 17.7 Å². The van der Waals surface area contributed by atoms with E-state index in [9.17, 15) is 23.2 Å². The Kier molecular flexibility index (Phi) is 7.62. The van der Waals surface area contributed by atoms with Crippen molar-refractivity contribution in [2.75, 3.05) is 0 Å². The minimum atomic E-state index is -0.997. The van der Waals surface area contributed by atoms with E-state index in [1.807, 2.05) is 6.07 Å². The van der Waals surface area contributed by atoms with Crippen LogP contribution in [0.2, 0.25) is 0 Å². The fourth-order valence-electron chi connectivity index (χ4n) is 5.02. The van der Waals surface area contributed by atoms with E-state index < -0.39 is 35.3 Å². The van der Waals surface area contributed by atoms with Gasteiger partial charge in [-0.2, -0.15) is 19.7 Å². The molecule has 43 heavy (non-hydrogen) atoms. The van der Waals surface area contributed by atoms with Crippen LogP contribution in [0.25, 0.3) is 22.3 Å². The van der Waals surface area contributed by atoms with Gasteiger partial charge in [-0.15, -0.1) is 0 Å². The minimum absolute atomic E-state index is 0.0251. The van der Waals surface area contributed by atoms with Gasteiger partial charge in [0, 0.05) is 47.9 Å². The summed E-state index contributed by atoms with van der Waals surface area (Å²) in [5.74, 6) is -3.25. The van der Waals surface area contributed by atoms with Crippen LogP contribution in [0.4, 0.5) is 8.78 Å². The Hall–Kier alpha value is -5.25. The van der Waals surface area contributed by atoms with Gasteiger partial charge in [-0.25, -0.2) is 4.39 Å². The summed E-state index contributed by atoms with van der Waals surface area (Å²) in [6.45, 7) is 5.54. The van der Waals surface area contributed by atoms with Crippen molar-refractivity contribution in [1.29, 1.82) is 5.26 Å². The fourth-order valence-corrected chi connectivity index (χ4v) is 5.02. The zero-order valence-corrected chi connectivity index (χ0v) is 23.6. The fraction of sp³-hybridized carbons (Fsp3) is 0.300. The second kappa shape index (κ2) is 11.2. The number of aromatic nitrogens is 4. The molecule has 11 nitrogen and oxygen atoms in total. The molecule has 2 amide bonds. The quantitative estimate of drug-likeness (QED) is 0.242. The number of nitriles is 1. The van der Waals surface area contributed by atoms with E-state index in [0.29, 0.717) is 16.5 Å².